The maximum atomic E-state index is 10.7. The molecule has 0 saturated carbocycles. The molecule has 0 saturated heterocycles. The van der Waals surface area contributed by atoms with Crippen molar-refractivity contribution in [3.05, 3.63) is 16.6 Å². The highest BCUT2D eigenvalue weighted by atomic mass is 32.1. The summed E-state index contributed by atoms with van der Waals surface area (Å²) in [6, 6.07) is -0.868. The lowest BCUT2D eigenvalue weighted by molar-refractivity contribution is -0.141. The number of aliphatic carboxylic acids is 1. The van der Waals surface area contributed by atoms with Gasteiger partial charge in [-0.1, -0.05) is 0 Å². The van der Waals surface area contributed by atoms with E-state index in [4.69, 9.17) is 5.11 Å². The number of carbonyl (C=O) groups excluding carboxylic acids is 1. The molecule has 0 fully saturated rings. The number of carboxylic acids is 1. The molecule has 0 bridgehead atoms. The number of aromatic nitrogens is 1. The van der Waals surface area contributed by atoms with Gasteiger partial charge in [-0.25, -0.2) is 4.79 Å². The highest BCUT2D eigenvalue weighted by Gasteiger charge is 2.19. The van der Waals surface area contributed by atoms with Gasteiger partial charge in [0, 0.05) is 24.4 Å². The normalized spacial score (nSPS) is 12.1. The number of hydrogen-bond donors (Lipinski definition) is 2. The maximum Gasteiger partial charge on any atom is 0.326 e. The van der Waals surface area contributed by atoms with E-state index in [2.05, 4.69) is 10.3 Å². The van der Waals surface area contributed by atoms with Crippen LogP contribution in [0.3, 0.4) is 0 Å². The summed E-state index contributed by atoms with van der Waals surface area (Å²) in [5, 5.41) is 11.1. The third-order valence-corrected chi connectivity index (χ3v) is 2.37. The fraction of sp³-hybridized carbons (Fsp3) is 0.375. The molecule has 76 valence electrons. The zero-order chi connectivity index (χ0) is 10.6. The molecule has 1 aromatic rings. The lowest BCUT2D eigenvalue weighted by atomic mass is 10.2. The van der Waals surface area contributed by atoms with Crippen LogP contribution in [0.2, 0.25) is 0 Å². The van der Waals surface area contributed by atoms with Gasteiger partial charge in [-0.2, -0.15) is 0 Å². The van der Waals surface area contributed by atoms with Crippen LogP contribution in [0.1, 0.15) is 11.8 Å². The van der Waals surface area contributed by atoms with Gasteiger partial charge in [-0.15, -0.1) is 11.3 Å². The Morgan fingerprint density at radius 3 is 2.86 bits per heavy atom. The van der Waals surface area contributed by atoms with Crippen LogP contribution in [0.4, 0.5) is 0 Å². The second kappa shape index (κ2) is 4.71. The Balaban J connectivity index is 2.60. The standard InChI is InChI=1S/C8H10N2O3S/c1-5(11)10-7(8(12)13)2-6-3-9-4-14-6/h3-4,7H,2H2,1H3,(H,10,11)(H,12,13)/t7-/m1/s1. The van der Waals surface area contributed by atoms with Crippen LogP contribution in [-0.2, 0) is 16.0 Å². The van der Waals surface area contributed by atoms with Crippen molar-refractivity contribution < 1.29 is 14.7 Å². The third kappa shape index (κ3) is 3.14. The molecule has 1 aromatic heterocycles. The molecule has 14 heavy (non-hydrogen) atoms. The van der Waals surface area contributed by atoms with Gasteiger partial charge in [-0.3, -0.25) is 9.78 Å². The van der Waals surface area contributed by atoms with Crippen LogP contribution in [0.5, 0.6) is 0 Å². The predicted molar refractivity (Wildman–Crippen MR) is 51.1 cm³/mol. The summed E-state index contributed by atoms with van der Waals surface area (Å²) in [5.41, 5.74) is 1.63. The summed E-state index contributed by atoms with van der Waals surface area (Å²) in [4.78, 5) is 26.1. The number of nitrogens with zero attached hydrogens (tertiary/aromatic N) is 1. The average molecular weight is 214 g/mol. The highest BCUT2D eigenvalue weighted by molar-refractivity contribution is 7.09. The van der Waals surface area contributed by atoms with E-state index in [-0.39, 0.29) is 12.3 Å². The number of carbonyl (C=O) groups is 2. The summed E-state index contributed by atoms with van der Waals surface area (Å²) in [7, 11) is 0. The fourth-order valence-corrected chi connectivity index (χ4v) is 1.63. The largest absolute Gasteiger partial charge is 0.480 e. The van der Waals surface area contributed by atoms with E-state index < -0.39 is 12.0 Å². The molecule has 0 aliphatic carbocycles. The van der Waals surface area contributed by atoms with Crippen molar-refractivity contribution in [3.8, 4) is 0 Å². The van der Waals surface area contributed by atoms with Gasteiger partial charge < -0.3 is 10.4 Å². The predicted octanol–water partition coefficient (Wildman–Crippen LogP) is 0.275. The quantitative estimate of drug-likeness (QED) is 0.754. The Bertz CT molecular complexity index is 323. The molecule has 1 rings (SSSR count). The first kappa shape index (κ1) is 10.6. The minimum absolute atomic E-state index is 0.277. The Morgan fingerprint density at radius 1 is 1.71 bits per heavy atom. The van der Waals surface area contributed by atoms with Crippen molar-refractivity contribution in [1.29, 1.82) is 0 Å². The minimum Gasteiger partial charge on any atom is -0.480 e. The van der Waals surface area contributed by atoms with Gasteiger partial charge in [0.15, 0.2) is 0 Å². The van der Waals surface area contributed by atoms with E-state index in [9.17, 15) is 9.59 Å². The molecular formula is C8H10N2O3S. The van der Waals surface area contributed by atoms with Gasteiger partial charge in [0.1, 0.15) is 6.04 Å². The van der Waals surface area contributed by atoms with E-state index in [1.54, 1.807) is 11.7 Å². The van der Waals surface area contributed by atoms with E-state index >= 15 is 0 Å². The Morgan fingerprint density at radius 2 is 2.43 bits per heavy atom. The number of amides is 1. The number of nitrogens with one attached hydrogen (secondary N) is 1. The topological polar surface area (TPSA) is 79.3 Å². The van der Waals surface area contributed by atoms with Crippen molar-refractivity contribution in [1.82, 2.24) is 10.3 Å². The Hall–Kier alpha value is -1.43. The monoisotopic (exact) mass is 214 g/mol. The second-order valence-corrected chi connectivity index (χ2v) is 3.73. The summed E-state index contributed by atoms with van der Waals surface area (Å²) < 4.78 is 0. The average Bonchev–Trinajstić information content (AvgIpc) is 2.54. The van der Waals surface area contributed by atoms with Crippen LogP contribution in [0.15, 0.2) is 11.7 Å². The Kier molecular flexibility index (Phi) is 3.58. The Labute approximate surface area is 84.8 Å². The lowest BCUT2D eigenvalue weighted by Gasteiger charge is -2.11. The molecule has 0 aliphatic rings. The van der Waals surface area contributed by atoms with Gasteiger partial charge in [0.2, 0.25) is 5.91 Å². The van der Waals surface area contributed by atoms with E-state index in [0.717, 1.165) is 4.88 Å². The molecule has 6 heteroatoms. The molecular weight excluding hydrogens is 204 g/mol. The van der Waals surface area contributed by atoms with Crippen molar-refractivity contribution in [2.45, 2.75) is 19.4 Å². The van der Waals surface area contributed by atoms with E-state index in [1.165, 1.54) is 18.3 Å². The van der Waals surface area contributed by atoms with Crippen molar-refractivity contribution >= 4 is 23.2 Å². The molecule has 1 amide bonds. The molecule has 1 atom stereocenters. The zero-order valence-corrected chi connectivity index (χ0v) is 8.37. The van der Waals surface area contributed by atoms with E-state index in [1.807, 2.05) is 0 Å². The number of carboxylic acid groups (broad SMARTS) is 1. The van der Waals surface area contributed by atoms with Crippen molar-refractivity contribution in [2.24, 2.45) is 0 Å². The van der Waals surface area contributed by atoms with Gasteiger partial charge in [0.25, 0.3) is 0 Å². The number of thiazole rings is 1. The summed E-state index contributed by atoms with van der Waals surface area (Å²) >= 11 is 1.37. The first-order chi connectivity index (χ1) is 6.59. The molecule has 1 heterocycles. The van der Waals surface area contributed by atoms with Crippen LogP contribution >= 0.6 is 11.3 Å². The lowest BCUT2D eigenvalue weighted by Crippen LogP contribution is -2.40. The van der Waals surface area contributed by atoms with Crippen LogP contribution < -0.4 is 5.32 Å². The van der Waals surface area contributed by atoms with Crippen molar-refractivity contribution in [3.63, 3.8) is 0 Å². The van der Waals surface area contributed by atoms with E-state index in [0.29, 0.717) is 0 Å². The molecule has 2 N–H and O–H groups in total. The van der Waals surface area contributed by atoms with Gasteiger partial charge in [0.05, 0.1) is 5.51 Å². The van der Waals surface area contributed by atoms with Crippen LogP contribution in [0.25, 0.3) is 0 Å². The maximum absolute atomic E-state index is 10.7. The second-order valence-electron chi connectivity index (χ2n) is 2.76. The molecule has 0 aromatic carbocycles. The smallest absolute Gasteiger partial charge is 0.326 e. The zero-order valence-electron chi connectivity index (χ0n) is 7.56. The first-order valence-electron chi connectivity index (χ1n) is 3.97. The fourth-order valence-electron chi connectivity index (χ4n) is 0.990. The van der Waals surface area contributed by atoms with Crippen LogP contribution in [0, 0.1) is 0 Å². The molecule has 0 unspecified atom stereocenters. The summed E-state index contributed by atoms with van der Waals surface area (Å²) in [6.07, 6.45) is 1.88. The molecule has 5 nitrogen and oxygen atoms in total. The number of hydrogen-bond acceptors (Lipinski definition) is 4. The van der Waals surface area contributed by atoms with Crippen molar-refractivity contribution in [2.75, 3.05) is 0 Å². The first-order valence-corrected chi connectivity index (χ1v) is 4.85. The SMILES string of the molecule is CC(=O)N[C@H](Cc1cncs1)C(=O)O. The van der Waals surface area contributed by atoms with Gasteiger partial charge >= 0.3 is 5.97 Å². The molecule has 0 spiro atoms. The molecule has 0 radical (unpaired) electrons. The van der Waals surface area contributed by atoms with Crippen LogP contribution in [-0.4, -0.2) is 28.0 Å². The summed E-state index contributed by atoms with van der Waals surface area (Å²) in [6.45, 7) is 1.29. The highest BCUT2D eigenvalue weighted by Crippen LogP contribution is 2.08. The third-order valence-electron chi connectivity index (χ3n) is 1.56. The van der Waals surface area contributed by atoms with Gasteiger partial charge in [-0.05, 0) is 0 Å². The molecule has 0 aliphatic heterocycles. The summed E-state index contributed by atoms with van der Waals surface area (Å²) in [5.74, 6) is -1.38. The number of rotatable bonds is 4. The minimum atomic E-state index is -1.03.